The van der Waals surface area contributed by atoms with E-state index in [1.165, 1.54) is 17.2 Å². The molecule has 1 unspecified atom stereocenters. The lowest BCUT2D eigenvalue weighted by molar-refractivity contribution is -0.137. The quantitative estimate of drug-likeness (QED) is 0.699. The summed E-state index contributed by atoms with van der Waals surface area (Å²) in [5.41, 5.74) is 2.74. The van der Waals surface area contributed by atoms with Crippen molar-refractivity contribution in [1.29, 1.82) is 5.41 Å². The summed E-state index contributed by atoms with van der Waals surface area (Å²) in [6, 6.07) is 13.5. The van der Waals surface area contributed by atoms with Crippen molar-refractivity contribution in [2.24, 2.45) is 0 Å². The normalized spacial score (nSPS) is 14.8. The van der Waals surface area contributed by atoms with Crippen molar-refractivity contribution < 1.29 is 13.2 Å². The maximum Gasteiger partial charge on any atom is 0.416 e. The third-order valence-electron chi connectivity index (χ3n) is 4.63. The zero-order valence-corrected chi connectivity index (χ0v) is 14.6. The van der Waals surface area contributed by atoms with Crippen LogP contribution < -0.4 is 0 Å². The number of nitrogens with one attached hydrogen (secondary N) is 1. The molecule has 1 heterocycles. The molecule has 0 amide bonds. The molecule has 1 N–H and O–H groups in total. The van der Waals surface area contributed by atoms with E-state index in [2.05, 4.69) is 23.1 Å². The van der Waals surface area contributed by atoms with Gasteiger partial charge >= 0.3 is 6.18 Å². The van der Waals surface area contributed by atoms with Crippen LogP contribution >= 0.6 is 0 Å². The average Bonchev–Trinajstić information content (AvgIpc) is 2.60. The standard InChI is InChI=1S/C21H21F3N2/c1-15(26-10-9-17-6-2-3-7-18(17)14-26)11-20(25)13-16-5-4-8-19(12-16)21(22,23)24/h2-10,12,15,25H,11,13-14H2,1H3. The molecule has 0 radical (unpaired) electrons. The molecule has 0 aromatic heterocycles. The topological polar surface area (TPSA) is 27.1 Å². The SMILES string of the molecule is CC(CC(=N)Cc1cccc(C(F)(F)F)c1)N1C=Cc2ccccc2C1. The monoisotopic (exact) mass is 358 g/mol. The predicted octanol–water partition coefficient (Wildman–Crippen LogP) is 5.53. The highest BCUT2D eigenvalue weighted by Gasteiger charge is 2.30. The summed E-state index contributed by atoms with van der Waals surface area (Å²) in [5.74, 6) is 0. The lowest BCUT2D eigenvalue weighted by Crippen LogP contribution is -2.31. The van der Waals surface area contributed by atoms with Gasteiger partial charge in [0, 0.05) is 37.3 Å². The Hall–Kier alpha value is -2.56. The van der Waals surface area contributed by atoms with Crippen LogP contribution in [0.4, 0.5) is 13.2 Å². The van der Waals surface area contributed by atoms with E-state index in [9.17, 15) is 13.2 Å². The van der Waals surface area contributed by atoms with Gasteiger partial charge in [-0.2, -0.15) is 13.2 Å². The maximum absolute atomic E-state index is 12.8. The van der Waals surface area contributed by atoms with Gasteiger partial charge in [0.15, 0.2) is 0 Å². The molecule has 26 heavy (non-hydrogen) atoms. The van der Waals surface area contributed by atoms with Crippen LogP contribution in [-0.4, -0.2) is 16.7 Å². The van der Waals surface area contributed by atoms with Gasteiger partial charge in [-0.15, -0.1) is 0 Å². The third kappa shape index (κ3) is 4.34. The molecule has 3 rings (SSSR count). The van der Waals surface area contributed by atoms with Crippen LogP contribution in [0, 0.1) is 5.41 Å². The zero-order valence-electron chi connectivity index (χ0n) is 14.6. The Balaban J connectivity index is 1.60. The average molecular weight is 358 g/mol. The van der Waals surface area contributed by atoms with Crippen LogP contribution in [-0.2, 0) is 19.1 Å². The van der Waals surface area contributed by atoms with Crippen LogP contribution in [0.1, 0.15) is 35.6 Å². The second-order valence-corrected chi connectivity index (χ2v) is 6.72. The molecule has 0 saturated heterocycles. The van der Waals surface area contributed by atoms with Crippen molar-refractivity contribution >= 4 is 11.8 Å². The Morgan fingerprint density at radius 1 is 1.15 bits per heavy atom. The van der Waals surface area contributed by atoms with Crippen LogP contribution in [0.5, 0.6) is 0 Å². The Kier molecular flexibility index (Phi) is 5.16. The van der Waals surface area contributed by atoms with E-state index in [1.54, 1.807) is 6.07 Å². The molecule has 0 spiro atoms. The molecule has 2 aromatic carbocycles. The van der Waals surface area contributed by atoms with Gasteiger partial charge in [0.05, 0.1) is 5.56 Å². The zero-order chi connectivity index (χ0) is 18.7. The van der Waals surface area contributed by atoms with Gasteiger partial charge in [-0.25, -0.2) is 0 Å². The number of hydrogen-bond donors (Lipinski definition) is 1. The first kappa shape index (κ1) is 18.2. The molecule has 5 heteroatoms. The summed E-state index contributed by atoms with van der Waals surface area (Å²) >= 11 is 0. The van der Waals surface area contributed by atoms with Crippen molar-refractivity contribution in [2.75, 3.05) is 0 Å². The summed E-state index contributed by atoms with van der Waals surface area (Å²) in [6.07, 6.45) is 0.499. The lowest BCUT2D eigenvalue weighted by Gasteiger charge is -2.31. The molecule has 0 saturated carbocycles. The third-order valence-corrected chi connectivity index (χ3v) is 4.63. The summed E-state index contributed by atoms with van der Waals surface area (Å²) in [4.78, 5) is 2.17. The van der Waals surface area contributed by atoms with E-state index < -0.39 is 11.7 Å². The molecule has 1 aliphatic rings. The number of nitrogens with zero attached hydrogens (tertiary/aromatic N) is 1. The minimum atomic E-state index is -4.35. The van der Waals surface area contributed by atoms with Crippen molar-refractivity contribution in [3.8, 4) is 0 Å². The van der Waals surface area contributed by atoms with E-state index in [0.717, 1.165) is 18.7 Å². The Labute approximate surface area is 151 Å². The van der Waals surface area contributed by atoms with Gasteiger partial charge in [0.25, 0.3) is 0 Å². The van der Waals surface area contributed by atoms with Crippen molar-refractivity contribution in [3.63, 3.8) is 0 Å². The molecular weight excluding hydrogens is 337 g/mol. The summed E-state index contributed by atoms with van der Waals surface area (Å²) in [6.45, 7) is 2.82. The van der Waals surface area contributed by atoms with E-state index in [0.29, 0.717) is 17.7 Å². The molecule has 0 fully saturated rings. The van der Waals surface area contributed by atoms with Gasteiger partial charge in [-0.1, -0.05) is 42.5 Å². The van der Waals surface area contributed by atoms with Crippen molar-refractivity contribution in [1.82, 2.24) is 4.90 Å². The number of alkyl halides is 3. The molecule has 0 aliphatic carbocycles. The van der Waals surface area contributed by atoms with Gasteiger partial charge in [0.2, 0.25) is 0 Å². The Morgan fingerprint density at radius 3 is 2.69 bits per heavy atom. The highest BCUT2D eigenvalue weighted by Crippen LogP contribution is 2.30. The largest absolute Gasteiger partial charge is 0.416 e. The van der Waals surface area contributed by atoms with Crippen LogP contribution in [0.3, 0.4) is 0 Å². The van der Waals surface area contributed by atoms with E-state index in [-0.39, 0.29) is 12.5 Å². The Bertz CT molecular complexity index is 824. The molecule has 2 aromatic rings. The number of halogens is 3. The lowest BCUT2D eigenvalue weighted by atomic mass is 9.99. The maximum atomic E-state index is 12.8. The van der Waals surface area contributed by atoms with Crippen LogP contribution in [0.15, 0.2) is 54.7 Å². The molecule has 136 valence electrons. The molecule has 1 atom stereocenters. The number of benzene rings is 2. The summed E-state index contributed by atoms with van der Waals surface area (Å²) in [7, 11) is 0. The van der Waals surface area contributed by atoms with Gasteiger partial charge in [0.1, 0.15) is 0 Å². The minimum Gasteiger partial charge on any atom is -0.370 e. The highest BCUT2D eigenvalue weighted by atomic mass is 19.4. The van der Waals surface area contributed by atoms with E-state index in [1.807, 2.05) is 25.3 Å². The van der Waals surface area contributed by atoms with Crippen molar-refractivity contribution in [3.05, 3.63) is 77.0 Å². The first-order valence-corrected chi connectivity index (χ1v) is 8.57. The number of rotatable bonds is 5. The minimum absolute atomic E-state index is 0.109. The second kappa shape index (κ2) is 7.36. The fraction of sp³-hybridized carbons (Fsp3) is 0.286. The summed E-state index contributed by atoms with van der Waals surface area (Å²) in [5, 5.41) is 8.21. The molecule has 1 aliphatic heterocycles. The number of hydrogen-bond acceptors (Lipinski definition) is 2. The molecule has 0 bridgehead atoms. The van der Waals surface area contributed by atoms with Gasteiger partial charge in [-0.05, 0) is 35.8 Å². The second-order valence-electron chi connectivity index (χ2n) is 6.72. The van der Waals surface area contributed by atoms with Crippen LogP contribution in [0.2, 0.25) is 0 Å². The Morgan fingerprint density at radius 2 is 1.92 bits per heavy atom. The summed E-state index contributed by atoms with van der Waals surface area (Å²) < 4.78 is 38.4. The van der Waals surface area contributed by atoms with Gasteiger partial charge < -0.3 is 10.3 Å². The van der Waals surface area contributed by atoms with E-state index in [4.69, 9.17) is 5.41 Å². The van der Waals surface area contributed by atoms with E-state index >= 15 is 0 Å². The number of fused-ring (bicyclic) bond motifs is 1. The van der Waals surface area contributed by atoms with Gasteiger partial charge in [-0.3, -0.25) is 0 Å². The van der Waals surface area contributed by atoms with Crippen LogP contribution in [0.25, 0.3) is 6.08 Å². The fourth-order valence-electron chi connectivity index (χ4n) is 3.22. The predicted molar refractivity (Wildman–Crippen MR) is 98.0 cm³/mol. The molecular formula is C21H21F3N2. The highest BCUT2D eigenvalue weighted by molar-refractivity contribution is 5.84. The molecule has 2 nitrogen and oxygen atoms in total. The fourth-order valence-corrected chi connectivity index (χ4v) is 3.22. The first-order valence-electron chi connectivity index (χ1n) is 8.57. The first-order chi connectivity index (χ1) is 12.3. The van der Waals surface area contributed by atoms with Crippen molar-refractivity contribution in [2.45, 2.75) is 38.5 Å². The smallest absolute Gasteiger partial charge is 0.370 e.